The highest BCUT2D eigenvalue weighted by Gasteiger charge is 2.46. The molecule has 0 spiro atoms. The van der Waals surface area contributed by atoms with Crippen LogP contribution < -0.4 is 10.2 Å². The third-order valence-electron chi connectivity index (χ3n) is 5.97. The molecule has 1 amide bonds. The first-order valence-electron chi connectivity index (χ1n) is 10.4. The number of anilines is 1. The van der Waals surface area contributed by atoms with E-state index in [0.29, 0.717) is 17.4 Å². The third-order valence-corrected chi connectivity index (χ3v) is 5.97. The lowest BCUT2D eigenvalue weighted by molar-refractivity contribution is -0.137. The van der Waals surface area contributed by atoms with E-state index < -0.39 is 11.7 Å². The van der Waals surface area contributed by atoms with Gasteiger partial charge in [0.1, 0.15) is 6.04 Å². The van der Waals surface area contributed by atoms with E-state index in [1.54, 1.807) is 18.5 Å². The maximum absolute atomic E-state index is 12.9. The lowest BCUT2D eigenvalue weighted by Crippen LogP contribution is -2.47. The number of halogens is 3. The zero-order valence-electron chi connectivity index (χ0n) is 16.9. The fraction of sp³-hybridized carbons (Fsp3) is 0.435. The highest BCUT2D eigenvalue weighted by molar-refractivity contribution is 5.85. The average molecular weight is 428 g/mol. The van der Waals surface area contributed by atoms with Crippen molar-refractivity contribution in [3.05, 3.63) is 53.9 Å². The summed E-state index contributed by atoms with van der Waals surface area (Å²) >= 11 is 0. The Balaban J connectivity index is 1.40. The number of carbonyl (C=O) groups excluding carboxylic acids is 1. The number of amides is 1. The predicted octanol–water partition coefficient (Wildman–Crippen LogP) is 3.80. The number of aromatic nitrogens is 2. The van der Waals surface area contributed by atoms with Gasteiger partial charge in [-0.05, 0) is 55.5 Å². The van der Waals surface area contributed by atoms with Crippen LogP contribution in [0.15, 0.2) is 42.7 Å². The van der Waals surface area contributed by atoms with Crippen LogP contribution >= 0.6 is 0 Å². The van der Waals surface area contributed by atoms with Crippen LogP contribution in [0, 0.1) is 17.8 Å². The summed E-state index contributed by atoms with van der Waals surface area (Å²) < 4.78 is 37.9. The molecule has 0 unspecified atom stereocenters. The van der Waals surface area contributed by atoms with Crippen molar-refractivity contribution in [2.45, 2.75) is 50.4 Å². The minimum absolute atomic E-state index is 0.120. The molecule has 4 rings (SSSR count). The summed E-state index contributed by atoms with van der Waals surface area (Å²) in [5, 5.41) is 2.85. The highest BCUT2D eigenvalue weighted by atomic mass is 19.4. The SMILES string of the molecule is O=C(NCC#Cc1ccc(C(F)(F)F)cc1)[C@@H]1C[C@H]2CCCC[C@@H]2N1c1ncccn1. The Hall–Kier alpha value is -3.08. The molecule has 2 fully saturated rings. The van der Waals surface area contributed by atoms with Crippen LogP contribution in [0.3, 0.4) is 0 Å². The highest BCUT2D eigenvalue weighted by Crippen LogP contribution is 2.41. The van der Waals surface area contributed by atoms with Crippen molar-refractivity contribution >= 4 is 11.9 Å². The number of hydrogen-bond donors (Lipinski definition) is 1. The van der Waals surface area contributed by atoms with Gasteiger partial charge in [0.25, 0.3) is 0 Å². The number of hydrogen-bond acceptors (Lipinski definition) is 4. The second-order valence-electron chi connectivity index (χ2n) is 7.91. The fourth-order valence-corrected chi connectivity index (χ4v) is 4.54. The number of rotatable bonds is 3. The van der Waals surface area contributed by atoms with E-state index in [-0.39, 0.29) is 24.5 Å². The Kier molecular flexibility index (Phi) is 6.12. The zero-order valence-corrected chi connectivity index (χ0v) is 16.9. The monoisotopic (exact) mass is 428 g/mol. The van der Waals surface area contributed by atoms with Crippen molar-refractivity contribution in [3.63, 3.8) is 0 Å². The van der Waals surface area contributed by atoms with E-state index in [4.69, 9.17) is 0 Å². The maximum Gasteiger partial charge on any atom is 0.416 e. The van der Waals surface area contributed by atoms with Crippen molar-refractivity contribution in [1.82, 2.24) is 15.3 Å². The van der Waals surface area contributed by atoms with E-state index in [2.05, 4.69) is 32.0 Å². The molecule has 2 aliphatic rings. The summed E-state index contributed by atoms with van der Waals surface area (Å²) in [4.78, 5) is 23.7. The molecule has 1 saturated carbocycles. The van der Waals surface area contributed by atoms with Gasteiger partial charge in [-0.25, -0.2) is 9.97 Å². The van der Waals surface area contributed by atoms with Crippen LogP contribution in [0.1, 0.15) is 43.2 Å². The molecule has 8 heteroatoms. The van der Waals surface area contributed by atoms with E-state index in [1.807, 2.05) is 0 Å². The van der Waals surface area contributed by atoms with Gasteiger partial charge in [-0.1, -0.05) is 24.7 Å². The summed E-state index contributed by atoms with van der Waals surface area (Å²) in [6.07, 6.45) is 4.21. The second-order valence-corrected chi connectivity index (χ2v) is 7.91. The van der Waals surface area contributed by atoms with Gasteiger partial charge in [0.2, 0.25) is 11.9 Å². The third kappa shape index (κ3) is 4.82. The van der Waals surface area contributed by atoms with Crippen molar-refractivity contribution in [2.24, 2.45) is 5.92 Å². The molecule has 31 heavy (non-hydrogen) atoms. The van der Waals surface area contributed by atoms with Gasteiger partial charge in [0, 0.05) is 24.0 Å². The molecule has 2 aromatic rings. The van der Waals surface area contributed by atoms with E-state index in [9.17, 15) is 18.0 Å². The number of alkyl halides is 3. The van der Waals surface area contributed by atoms with Crippen LogP contribution in [-0.2, 0) is 11.0 Å². The van der Waals surface area contributed by atoms with Crippen LogP contribution in [0.25, 0.3) is 0 Å². The zero-order chi connectivity index (χ0) is 21.8. The minimum atomic E-state index is -4.37. The molecule has 1 aliphatic carbocycles. The quantitative estimate of drug-likeness (QED) is 0.756. The first kappa shape index (κ1) is 21.2. The predicted molar refractivity (Wildman–Crippen MR) is 110 cm³/mol. The Morgan fingerprint density at radius 3 is 2.55 bits per heavy atom. The van der Waals surface area contributed by atoms with Crippen molar-refractivity contribution < 1.29 is 18.0 Å². The smallest absolute Gasteiger partial charge is 0.343 e. The fourth-order valence-electron chi connectivity index (χ4n) is 4.54. The second kappa shape index (κ2) is 8.96. The largest absolute Gasteiger partial charge is 0.416 e. The van der Waals surface area contributed by atoms with Crippen LogP contribution in [0.4, 0.5) is 19.1 Å². The van der Waals surface area contributed by atoms with E-state index in [0.717, 1.165) is 37.8 Å². The Bertz CT molecular complexity index is 966. The molecule has 162 valence electrons. The Morgan fingerprint density at radius 1 is 1.13 bits per heavy atom. The van der Waals surface area contributed by atoms with Gasteiger partial charge in [-0.15, -0.1) is 0 Å². The Labute approximate surface area is 179 Å². The molecule has 1 aliphatic heterocycles. The molecular formula is C23H23F3N4O. The molecule has 0 radical (unpaired) electrons. The molecule has 1 N–H and O–H groups in total. The molecule has 1 saturated heterocycles. The first-order valence-corrected chi connectivity index (χ1v) is 10.4. The van der Waals surface area contributed by atoms with Crippen LogP contribution in [-0.4, -0.2) is 34.5 Å². The van der Waals surface area contributed by atoms with Crippen LogP contribution in [0.2, 0.25) is 0 Å². The number of nitrogens with zero attached hydrogens (tertiary/aromatic N) is 3. The number of benzene rings is 1. The summed E-state index contributed by atoms with van der Waals surface area (Å²) in [5.41, 5.74) is -0.245. The molecular weight excluding hydrogens is 405 g/mol. The van der Waals surface area contributed by atoms with Crippen molar-refractivity contribution in [1.29, 1.82) is 0 Å². The summed E-state index contributed by atoms with van der Waals surface area (Å²) in [6.45, 7) is 0.120. The van der Waals surface area contributed by atoms with Crippen molar-refractivity contribution in [3.8, 4) is 11.8 Å². The summed E-state index contributed by atoms with van der Waals surface area (Å²) in [7, 11) is 0. The van der Waals surface area contributed by atoms with E-state index >= 15 is 0 Å². The lowest BCUT2D eigenvalue weighted by atomic mass is 9.85. The van der Waals surface area contributed by atoms with Gasteiger partial charge < -0.3 is 10.2 Å². The van der Waals surface area contributed by atoms with Crippen LogP contribution in [0.5, 0.6) is 0 Å². The minimum Gasteiger partial charge on any atom is -0.343 e. The van der Waals surface area contributed by atoms with Gasteiger partial charge in [0.05, 0.1) is 12.1 Å². The lowest BCUT2D eigenvalue weighted by Gasteiger charge is -2.33. The van der Waals surface area contributed by atoms with Gasteiger partial charge in [-0.2, -0.15) is 13.2 Å². The summed E-state index contributed by atoms with van der Waals surface area (Å²) in [5.74, 6) is 6.52. The van der Waals surface area contributed by atoms with Gasteiger partial charge in [-0.3, -0.25) is 4.79 Å². The molecule has 5 nitrogen and oxygen atoms in total. The molecule has 1 aromatic heterocycles. The van der Waals surface area contributed by atoms with Crippen molar-refractivity contribution in [2.75, 3.05) is 11.4 Å². The topological polar surface area (TPSA) is 58.1 Å². The number of nitrogens with one attached hydrogen (secondary N) is 1. The van der Waals surface area contributed by atoms with Gasteiger partial charge in [0.15, 0.2) is 0 Å². The first-order chi connectivity index (χ1) is 14.9. The molecule has 3 atom stereocenters. The summed E-state index contributed by atoms with van der Waals surface area (Å²) in [6, 6.07) is 6.33. The number of fused-ring (bicyclic) bond motifs is 1. The molecule has 2 heterocycles. The average Bonchev–Trinajstić information content (AvgIpc) is 3.17. The standard InChI is InChI=1S/C23H23F3N4O/c24-23(25,26)18-10-8-16(9-11-18)5-3-12-27-21(31)20-15-17-6-1-2-7-19(17)30(20)22-28-13-4-14-29-22/h4,8-11,13-14,17,19-20H,1-2,6-7,12,15H2,(H,27,31)/t17-,19+,20+/m1/s1. The molecule has 1 aromatic carbocycles. The normalized spacial score (nSPS) is 22.9. The van der Waals surface area contributed by atoms with Gasteiger partial charge >= 0.3 is 6.18 Å². The molecule has 0 bridgehead atoms. The number of carbonyl (C=O) groups is 1. The van der Waals surface area contributed by atoms with E-state index in [1.165, 1.54) is 18.6 Å². The maximum atomic E-state index is 12.9. The Morgan fingerprint density at radius 2 is 1.84 bits per heavy atom.